The van der Waals surface area contributed by atoms with Crippen molar-refractivity contribution in [2.24, 2.45) is 0 Å². The van der Waals surface area contributed by atoms with E-state index >= 15 is 0 Å². The first kappa shape index (κ1) is 15.0. The molecule has 1 rings (SSSR count). The predicted molar refractivity (Wildman–Crippen MR) is 76.6 cm³/mol. The van der Waals surface area contributed by atoms with Crippen LogP contribution in [0.15, 0.2) is 23.1 Å². The third-order valence-corrected chi connectivity index (χ3v) is 2.75. The minimum Gasteiger partial charge on any atom is -0.465 e. The number of aryl methyl sites for hydroxylation is 1. The van der Waals surface area contributed by atoms with Gasteiger partial charge in [-0.2, -0.15) is 0 Å². The zero-order valence-electron chi connectivity index (χ0n) is 12.3. The van der Waals surface area contributed by atoms with Gasteiger partial charge in [-0.3, -0.25) is 4.90 Å². The second-order valence-corrected chi connectivity index (χ2v) is 5.88. The molecule has 102 valence electrons. The summed E-state index contributed by atoms with van der Waals surface area (Å²) >= 11 is 0. The lowest BCUT2D eigenvalue weighted by atomic mass is 10.1. The van der Waals surface area contributed by atoms with Crippen LogP contribution >= 0.6 is 0 Å². The topological polar surface area (TPSA) is 28.4 Å². The van der Waals surface area contributed by atoms with Crippen molar-refractivity contribution in [2.45, 2.75) is 46.3 Å². The number of nitrogens with zero attached hydrogens (tertiary/aromatic N) is 1. The summed E-state index contributed by atoms with van der Waals surface area (Å²) in [5, 5.41) is 3.48. The third-order valence-electron chi connectivity index (χ3n) is 2.75. The number of rotatable bonds is 6. The molecule has 0 amide bonds. The summed E-state index contributed by atoms with van der Waals surface area (Å²) < 4.78 is 5.78. The van der Waals surface area contributed by atoms with E-state index in [0.29, 0.717) is 0 Å². The van der Waals surface area contributed by atoms with Crippen LogP contribution in [0.2, 0.25) is 0 Å². The van der Waals surface area contributed by atoms with Gasteiger partial charge < -0.3 is 9.73 Å². The summed E-state index contributed by atoms with van der Waals surface area (Å²) in [6, 6.07) is 2.15. The van der Waals surface area contributed by atoms with Gasteiger partial charge >= 0.3 is 0 Å². The molecule has 0 aliphatic heterocycles. The van der Waals surface area contributed by atoms with Gasteiger partial charge in [0.15, 0.2) is 0 Å². The van der Waals surface area contributed by atoms with E-state index in [-0.39, 0.29) is 5.54 Å². The highest BCUT2D eigenvalue weighted by Gasteiger charge is 2.13. The maximum absolute atomic E-state index is 5.78. The minimum atomic E-state index is 0.128. The molecule has 3 heteroatoms. The van der Waals surface area contributed by atoms with Crippen molar-refractivity contribution in [2.75, 3.05) is 13.6 Å². The van der Waals surface area contributed by atoms with Crippen LogP contribution in [0.1, 0.15) is 37.9 Å². The molecule has 18 heavy (non-hydrogen) atoms. The summed E-state index contributed by atoms with van der Waals surface area (Å²) in [5.74, 6) is 2.02. The maximum Gasteiger partial charge on any atom is 0.118 e. The molecule has 0 unspecified atom stereocenters. The van der Waals surface area contributed by atoms with Crippen molar-refractivity contribution in [3.63, 3.8) is 0 Å². The van der Waals surface area contributed by atoms with Crippen LogP contribution in [0.5, 0.6) is 0 Å². The fraction of sp³-hybridized carbons (Fsp3) is 0.600. The van der Waals surface area contributed by atoms with E-state index in [9.17, 15) is 0 Å². The molecule has 3 nitrogen and oxygen atoms in total. The van der Waals surface area contributed by atoms with Crippen LogP contribution in [-0.2, 0) is 13.1 Å². The molecule has 1 N–H and O–H groups in total. The Morgan fingerprint density at radius 3 is 2.67 bits per heavy atom. The van der Waals surface area contributed by atoms with Gasteiger partial charge in [-0.05, 0) is 40.8 Å². The number of nitrogens with one attached hydrogen (secondary N) is 1. The summed E-state index contributed by atoms with van der Waals surface area (Å²) in [4.78, 5) is 2.17. The molecule has 1 aromatic rings. The van der Waals surface area contributed by atoms with Crippen molar-refractivity contribution in [1.29, 1.82) is 0 Å². The van der Waals surface area contributed by atoms with E-state index in [1.165, 1.54) is 5.56 Å². The van der Waals surface area contributed by atoms with Gasteiger partial charge in [-0.1, -0.05) is 6.08 Å². The number of hydrogen-bond donors (Lipinski definition) is 1. The first-order valence-electron chi connectivity index (χ1n) is 6.44. The third kappa shape index (κ3) is 5.07. The minimum absolute atomic E-state index is 0.128. The van der Waals surface area contributed by atoms with Gasteiger partial charge in [0.1, 0.15) is 11.5 Å². The fourth-order valence-corrected chi connectivity index (χ4v) is 1.75. The first-order chi connectivity index (χ1) is 8.31. The second kappa shape index (κ2) is 6.21. The molecular weight excluding hydrogens is 224 g/mol. The van der Waals surface area contributed by atoms with Gasteiger partial charge in [-0.25, -0.2) is 0 Å². The van der Waals surface area contributed by atoms with E-state index in [4.69, 9.17) is 4.42 Å². The number of hydrogen-bond acceptors (Lipinski definition) is 3. The van der Waals surface area contributed by atoms with Crippen LogP contribution < -0.4 is 5.32 Å². The Morgan fingerprint density at radius 1 is 1.44 bits per heavy atom. The standard InChI is InChI=1S/C15H26N2O/c1-7-8-17(6)11-14-9-13(12(2)18-14)10-16-15(3,4)5/h7,9,16H,1,8,10-11H2,2-6H3. The molecule has 0 saturated heterocycles. The van der Waals surface area contributed by atoms with Gasteiger partial charge in [-0.15, -0.1) is 6.58 Å². The molecule has 0 aliphatic carbocycles. The summed E-state index contributed by atoms with van der Waals surface area (Å²) in [6.45, 7) is 14.8. The maximum atomic E-state index is 5.78. The van der Waals surface area contributed by atoms with Crippen molar-refractivity contribution in [3.8, 4) is 0 Å². The van der Waals surface area contributed by atoms with E-state index in [1.807, 2.05) is 13.0 Å². The SMILES string of the molecule is C=CCN(C)Cc1cc(CNC(C)(C)C)c(C)o1. The molecule has 0 aliphatic rings. The molecule has 0 saturated carbocycles. The highest BCUT2D eigenvalue weighted by molar-refractivity contribution is 5.21. The molecule has 0 spiro atoms. The summed E-state index contributed by atoms with van der Waals surface area (Å²) in [6.07, 6.45) is 1.90. The molecule has 0 radical (unpaired) electrons. The molecular formula is C15H26N2O. The lowest BCUT2D eigenvalue weighted by molar-refractivity contribution is 0.318. The Bertz CT molecular complexity index is 388. The quantitative estimate of drug-likeness (QED) is 0.786. The highest BCUT2D eigenvalue weighted by Crippen LogP contribution is 2.16. The van der Waals surface area contributed by atoms with Crippen molar-refractivity contribution in [1.82, 2.24) is 10.2 Å². The lowest BCUT2D eigenvalue weighted by Crippen LogP contribution is -2.35. The van der Waals surface area contributed by atoms with Gasteiger partial charge in [0, 0.05) is 24.2 Å². The predicted octanol–water partition coefficient (Wildman–Crippen LogP) is 3.09. The van der Waals surface area contributed by atoms with E-state index in [2.05, 4.69) is 50.7 Å². The van der Waals surface area contributed by atoms with Crippen LogP contribution in [0, 0.1) is 6.92 Å². The molecule has 0 bridgehead atoms. The van der Waals surface area contributed by atoms with Gasteiger partial charge in [0.05, 0.1) is 6.54 Å². The molecule has 0 aromatic carbocycles. The molecule has 0 atom stereocenters. The van der Waals surface area contributed by atoms with Crippen LogP contribution in [0.4, 0.5) is 0 Å². The molecule has 0 fully saturated rings. The largest absolute Gasteiger partial charge is 0.465 e. The number of likely N-dealkylation sites (N-methyl/N-ethyl adjacent to an activating group) is 1. The first-order valence-corrected chi connectivity index (χ1v) is 6.44. The fourth-order valence-electron chi connectivity index (χ4n) is 1.75. The van der Waals surface area contributed by atoms with E-state index in [1.54, 1.807) is 0 Å². The molecule has 1 heterocycles. The summed E-state index contributed by atoms with van der Waals surface area (Å²) in [7, 11) is 2.06. The van der Waals surface area contributed by atoms with Crippen LogP contribution in [-0.4, -0.2) is 24.0 Å². The van der Waals surface area contributed by atoms with E-state index < -0.39 is 0 Å². The average Bonchev–Trinajstić information content (AvgIpc) is 2.55. The number of furan rings is 1. The monoisotopic (exact) mass is 250 g/mol. The lowest BCUT2D eigenvalue weighted by Gasteiger charge is -2.20. The Hall–Kier alpha value is -1.06. The van der Waals surface area contributed by atoms with Gasteiger partial charge in [0.25, 0.3) is 0 Å². The Morgan fingerprint density at radius 2 is 2.11 bits per heavy atom. The normalized spacial score (nSPS) is 12.1. The van der Waals surface area contributed by atoms with Crippen molar-refractivity contribution in [3.05, 3.63) is 35.8 Å². The Kier molecular flexibility index (Phi) is 5.17. The van der Waals surface area contributed by atoms with Crippen LogP contribution in [0.3, 0.4) is 0 Å². The Labute approximate surface area is 111 Å². The Balaban J connectivity index is 2.61. The zero-order valence-corrected chi connectivity index (χ0v) is 12.3. The molecule has 1 aromatic heterocycles. The van der Waals surface area contributed by atoms with Crippen LogP contribution in [0.25, 0.3) is 0 Å². The van der Waals surface area contributed by atoms with E-state index in [0.717, 1.165) is 31.2 Å². The average molecular weight is 250 g/mol. The van der Waals surface area contributed by atoms with Crippen molar-refractivity contribution < 1.29 is 4.42 Å². The van der Waals surface area contributed by atoms with Crippen molar-refractivity contribution >= 4 is 0 Å². The highest BCUT2D eigenvalue weighted by atomic mass is 16.3. The zero-order chi connectivity index (χ0) is 13.8. The van der Waals surface area contributed by atoms with Gasteiger partial charge in [0.2, 0.25) is 0 Å². The smallest absolute Gasteiger partial charge is 0.118 e. The summed E-state index contributed by atoms with van der Waals surface area (Å²) in [5.41, 5.74) is 1.37. The second-order valence-electron chi connectivity index (χ2n) is 5.88.